The van der Waals surface area contributed by atoms with Gasteiger partial charge in [0.05, 0.1) is 11.4 Å². The zero-order chi connectivity index (χ0) is 26.2. The van der Waals surface area contributed by atoms with E-state index in [1.54, 1.807) is 29.2 Å². The molecular formula is C31H24N4O3. The molecule has 3 heterocycles. The molecule has 2 fully saturated rings. The molecule has 186 valence electrons. The number of hydrogen-bond donors (Lipinski definition) is 0. The van der Waals surface area contributed by atoms with Crippen molar-refractivity contribution in [1.29, 1.82) is 0 Å². The number of carbonyl (C=O) groups excluding carboxylic acids is 3. The van der Waals surface area contributed by atoms with Crippen LogP contribution in [0.2, 0.25) is 0 Å². The van der Waals surface area contributed by atoms with Crippen LogP contribution in [-0.2, 0) is 9.59 Å². The van der Waals surface area contributed by atoms with E-state index in [0.717, 1.165) is 21.6 Å². The van der Waals surface area contributed by atoms with Gasteiger partial charge in [-0.1, -0.05) is 71.8 Å². The highest BCUT2D eigenvalue weighted by Gasteiger charge is 2.76. The number of benzene rings is 4. The van der Waals surface area contributed by atoms with Gasteiger partial charge in [-0.2, -0.15) is 0 Å². The molecule has 0 radical (unpaired) electrons. The Hall–Kier alpha value is -4.91. The van der Waals surface area contributed by atoms with Gasteiger partial charge >= 0.3 is 6.03 Å². The molecule has 0 aliphatic carbocycles. The fraction of sp³-hybridized carbons (Fsp3) is 0.129. The molecule has 3 aliphatic rings. The van der Waals surface area contributed by atoms with Crippen LogP contribution < -0.4 is 19.6 Å². The van der Waals surface area contributed by atoms with Crippen molar-refractivity contribution in [2.75, 3.05) is 19.6 Å². The molecule has 2 atom stereocenters. The molecule has 38 heavy (non-hydrogen) atoms. The first kappa shape index (κ1) is 22.3. The van der Waals surface area contributed by atoms with Gasteiger partial charge in [0.15, 0.2) is 0 Å². The van der Waals surface area contributed by atoms with Crippen molar-refractivity contribution in [3.05, 3.63) is 120 Å². The maximum Gasteiger partial charge on any atom is 0.338 e. The third kappa shape index (κ3) is 2.70. The lowest BCUT2D eigenvalue weighted by Crippen LogP contribution is -2.66. The number of carbonyl (C=O) groups is 3. The van der Waals surface area contributed by atoms with Gasteiger partial charge in [0.2, 0.25) is 0 Å². The molecule has 4 aromatic rings. The predicted octanol–water partition coefficient (Wildman–Crippen LogP) is 5.54. The summed E-state index contributed by atoms with van der Waals surface area (Å²) in [6.07, 6.45) is -0.633. The van der Waals surface area contributed by atoms with E-state index in [1.807, 2.05) is 97.6 Å². The second-order valence-corrected chi connectivity index (χ2v) is 9.92. The minimum absolute atomic E-state index is 0.423. The third-order valence-corrected chi connectivity index (χ3v) is 7.63. The number of aryl methyl sites for hydroxylation is 2. The molecule has 7 nitrogen and oxygen atoms in total. The lowest BCUT2D eigenvalue weighted by Gasteiger charge is -2.45. The van der Waals surface area contributed by atoms with Crippen molar-refractivity contribution in [3.63, 3.8) is 0 Å². The van der Waals surface area contributed by atoms with Crippen molar-refractivity contribution >= 4 is 40.6 Å². The molecule has 2 bridgehead atoms. The maximum absolute atomic E-state index is 14.8. The van der Waals surface area contributed by atoms with Crippen LogP contribution in [0.3, 0.4) is 0 Å². The summed E-state index contributed by atoms with van der Waals surface area (Å²) in [5, 5.41) is 0. The number of urea groups is 1. The standard InChI is InChI=1S/C31H24N4O3/c1-20-13-16-24(17-14-20)34-27-25-19-21(2)15-18-26(25)35-30(38)33(23-11-7-4-8-12-23)29(37)31(34,35)28(36)32(27)22-9-5-3-6-10-22/h3-19,27H,1-2H3. The first-order valence-electron chi connectivity index (χ1n) is 12.5. The fourth-order valence-corrected chi connectivity index (χ4v) is 5.97. The van der Waals surface area contributed by atoms with E-state index in [4.69, 9.17) is 0 Å². The average molecular weight is 501 g/mol. The van der Waals surface area contributed by atoms with Crippen LogP contribution in [0.15, 0.2) is 103 Å². The number of fused-ring (bicyclic) bond motifs is 4. The first-order chi connectivity index (χ1) is 18.4. The minimum atomic E-state index is -1.91. The van der Waals surface area contributed by atoms with Crippen LogP contribution >= 0.6 is 0 Å². The monoisotopic (exact) mass is 500 g/mol. The summed E-state index contributed by atoms with van der Waals surface area (Å²) >= 11 is 0. The van der Waals surface area contributed by atoms with E-state index in [2.05, 4.69) is 0 Å². The summed E-state index contributed by atoms with van der Waals surface area (Å²) in [6.45, 7) is 3.97. The van der Waals surface area contributed by atoms with E-state index in [0.29, 0.717) is 22.7 Å². The number of anilines is 4. The van der Waals surface area contributed by atoms with Crippen LogP contribution in [0.4, 0.5) is 27.5 Å². The molecule has 0 aromatic heterocycles. The van der Waals surface area contributed by atoms with Crippen LogP contribution in [0, 0.1) is 13.8 Å². The molecular weight excluding hydrogens is 476 g/mol. The van der Waals surface area contributed by atoms with Gasteiger partial charge in [-0.15, -0.1) is 0 Å². The third-order valence-electron chi connectivity index (χ3n) is 7.63. The highest BCUT2D eigenvalue weighted by Crippen LogP contribution is 2.57. The van der Waals surface area contributed by atoms with E-state index >= 15 is 0 Å². The number of rotatable bonds is 3. The van der Waals surface area contributed by atoms with Crippen molar-refractivity contribution in [1.82, 2.24) is 0 Å². The number of nitrogens with zero attached hydrogens (tertiary/aromatic N) is 4. The van der Waals surface area contributed by atoms with Crippen molar-refractivity contribution < 1.29 is 14.4 Å². The van der Waals surface area contributed by atoms with Gasteiger partial charge in [-0.25, -0.2) is 9.69 Å². The van der Waals surface area contributed by atoms with Gasteiger partial charge in [0.1, 0.15) is 6.17 Å². The summed E-state index contributed by atoms with van der Waals surface area (Å²) in [6, 6.07) is 31.1. The number of amides is 4. The van der Waals surface area contributed by atoms with E-state index in [9.17, 15) is 14.4 Å². The van der Waals surface area contributed by atoms with Crippen LogP contribution in [0.5, 0.6) is 0 Å². The van der Waals surface area contributed by atoms with E-state index in [1.165, 1.54) is 4.90 Å². The largest absolute Gasteiger partial charge is 0.338 e. The van der Waals surface area contributed by atoms with Crippen LogP contribution in [0.1, 0.15) is 22.9 Å². The summed E-state index contributed by atoms with van der Waals surface area (Å²) < 4.78 is 0. The Bertz CT molecular complexity index is 1620. The maximum atomic E-state index is 14.8. The molecule has 1 spiro atoms. The number of hydrogen-bond acceptors (Lipinski definition) is 4. The highest BCUT2D eigenvalue weighted by atomic mass is 16.2. The molecule has 7 heteroatoms. The van der Waals surface area contributed by atoms with Crippen molar-refractivity contribution in [2.24, 2.45) is 0 Å². The Labute approximate surface area is 220 Å². The van der Waals surface area contributed by atoms with Gasteiger partial charge in [-0.3, -0.25) is 19.4 Å². The van der Waals surface area contributed by atoms with Gasteiger partial charge < -0.3 is 4.90 Å². The quantitative estimate of drug-likeness (QED) is 0.274. The molecule has 0 saturated carbocycles. The second-order valence-electron chi connectivity index (χ2n) is 9.92. The Morgan fingerprint density at radius 1 is 0.632 bits per heavy atom. The van der Waals surface area contributed by atoms with Gasteiger partial charge in [-0.05, 0) is 56.3 Å². The van der Waals surface area contributed by atoms with Crippen LogP contribution in [-0.4, -0.2) is 23.5 Å². The van der Waals surface area contributed by atoms with E-state index in [-0.39, 0.29) is 0 Å². The fourth-order valence-electron chi connectivity index (χ4n) is 5.97. The Morgan fingerprint density at radius 2 is 1.24 bits per heavy atom. The smallest absolute Gasteiger partial charge is 0.307 e. The molecule has 2 unspecified atom stereocenters. The zero-order valence-electron chi connectivity index (χ0n) is 20.9. The number of para-hydroxylation sites is 2. The summed E-state index contributed by atoms with van der Waals surface area (Å²) in [5.74, 6) is -1.05. The van der Waals surface area contributed by atoms with Crippen LogP contribution in [0.25, 0.3) is 0 Å². The minimum Gasteiger partial charge on any atom is -0.307 e. The topological polar surface area (TPSA) is 64.2 Å². The van der Waals surface area contributed by atoms with Crippen molar-refractivity contribution in [2.45, 2.75) is 25.7 Å². The Kier molecular flexibility index (Phi) is 4.57. The Morgan fingerprint density at radius 3 is 1.89 bits per heavy atom. The SMILES string of the molecule is Cc1ccc(N2C3c4cc(C)ccc4N4C(=O)N(c5ccccc5)C(=O)C42C(=O)N3c2ccccc2)cc1. The predicted molar refractivity (Wildman–Crippen MR) is 146 cm³/mol. The molecule has 0 N–H and O–H groups in total. The van der Waals surface area contributed by atoms with Gasteiger partial charge in [0, 0.05) is 16.9 Å². The normalized spacial score (nSPS) is 21.7. The summed E-state index contributed by atoms with van der Waals surface area (Å²) in [5.41, 5.74) is 3.24. The lowest BCUT2D eigenvalue weighted by molar-refractivity contribution is -0.130. The molecule has 7 rings (SSSR count). The first-order valence-corrected chi connectivity index (χ1v) is 12.5. The highest BCUT2D eigenvalue weighted by molar-refractivity contribution is 6.42. The van der Waals surface area contributed by atoms with Gasteiger partial charge in [0.25, 0.3) is 17.5 Å². The molecule has 2 saturated heterocycles. The molecule has 4 amide bonds. The zero-order valence-corrected chi connectivity index (χ0v) is 20.9. The summed E-state index contributed by atoms with van der Waals surface area (Å²) in [4.78, 5) is 49.7. The molecule has 4 aromatic carbocycles. The van der Waals surface area contributed by atoms with Crippen molar-refractivity contribution in [3.8, 4) is 0 Å². The number of imide groups is 1. The summed E-state index contributed by atoms with van der Waals surface area (Å²) in [7, 11) is 0. The second kappa shape index (κ2) is 7.79. The molecule has 3 aliphatic heterocycles. The lowest BCUT2D eigenvalue weighted by atomic mass is 9.96. The van der Waals surface area contributed by atoms with E-state index < -0.39 is 29.7 Å². The Balaban J connectivity index is 1.58. The average Bonchev–Trinajstić information content (AvgIpc) is 3.30.